The Morgan fingerprint density at radius 3 is 0.767 bits per heavy atom. The predicted octanol–water partition coefficient (Wildman–Crippen LogP) is 23.7. The van der Waals surface area contributed by atoms with Crippen molar-refractivity contribution >= 4 is 17.7 Å². The number of hydrogen-bond donors (Lipinski definition) is 3. The Morgan fingerprint density at radius 1 is 0.283 bits per heavy atom. The number of nitrogens with one attached hydrogen (secondary N) is 3. The predicted molar refractivity (Wildman–Crippen MR) is 532 cm³/mol. The number of hydrogen-bond acceptors (Lipinski definition) is 12. The highest BCUT2D eigenvalue weighted by Gasteiger charge is 2.57. The van der Waals surface area contributed by atoms with E-state index >= 15 is 0 Å². The minimum Gasteiger partial charge on any atom is -0.354 e. The zero-order valence-corrected chi connectivity index (χ0v) is 90.9. The van der Waals surface area contributed by atoms with Crippen LogP contribution >= 0.6 is 0 Å². The monoisotopic (exact) mass is 1700 g/mol. The summed E-state index contributed by atoms with van der Waals surface area (Å²) < 4.78 is 0. The first kappa shape index (κ1) is 120. The van der Waals surface area contributed by atoms with Gasteiger partial charge in [0.1, 0.15) is 0 Å². The first-order valence-corrected chi connectivity index (χ1v) is 49.1. The molecule has 3 saturated carbocycles. The van der Waals surface area contributed by atoms with Gasteiger partial charge >= 0.3 is 0 Å². The van der Waals surface area contributed by atoms with E-state index in [1.165, 1.54) is 136 Å². The second kappa shape index (κ2) is 49.7. The molecule has 15 nitrogen and oxygen atoms in total. The lowest BCUT2D eigenvalue weighted by Gasteiger charge is -2.62. The fourth-order valence-electron chi connectivity index (χ4n) is 17.5. The first-order valence-electron chi connectivity index (χ1n) is 49.1. The lowest BCUT2D eigenvalue weighted by atomic mass is 9.42. The third-order valence-corrected chi connectivity index (χ3v) is 27.4. The third kappa shape index (κ3) is 46.9. The Balaban J connectivity index is 0. The molecule has 3 aliphatic carbocycles. The van der Waals surface area contributed by atoms with Crippen molar-refractivity contribution in [1.29, 1.82) is 0 Å². The SMILES string of the molecule is CC(C)(C)C12CCC(C(C)(C)C)(CC1)CC2.CC(C)(C)C1CCN(C(C)(C)C)CC1.CC(C)(C)N1CCC(=O)N(C(C)(C)C)CC1.CC(C)(C)N1CCC(C)(C(C)(C)C)CC1.CC(C)(C)N1CCCN(C(C)(C)C)CC1.CC(C)(C)N1CCNC(=O)C1.CC(C)(C)N1CCNC(=O)C1.CC(C)(C)N1CCNCC1.CC(C)C.CC(C)C.CC(C)C. The second-order valence-corrected chi connectivity index (χ2v) is 53.1. The van der Waals surface area contributed by atoms with Gasteiger partial charge < -0.3 is 20.9 Å². The van der Waals surface area contributed by atoms with Crippen molar-refractivity contribution in [1.82, 2.24) is 60.0 Å². The summed E-state index contributed by atoms with van der Waals surface area (Å²) in [6.07, 6.45) is 16.3. The number of amides is 3. The van der Waals surface area contributed by atoms with Crippen LogP contribution in [0.3, 0.4) is 0 Å². The molecule has 7 aliphatic heterocycles. The maximum absolute atomic E-state index is 12.0. The van der Waals surface area contributed by atoms with Gasteiger partial charge in [-0.2, -0.15) is 0 Å². The van der Waals surface area contributed by atoms with E-state index in [0.717, 1.165) is 82.6 Å². The van der Waals surface area contributed by atoms with Crippen LogP contribution in [-0.4, -0.2) is 249 Å². The van der Waals surface area contributed by atoms with Crippen molar-refractivity contribution in [2.45, 2.75) is 466 Å². The van der Waals surface area contributed by atoms with Gasteiger partial charge in [-0.1, -0.05) is 152 Å². The minimum atomic E-state index is -0.0506. The van der Waals surface area contributed by atoms with Crippen LogP contribution in [0.5, 0.6) is 0 Å². The molecule has 10 aliphatic rings. The van der Waals surface area contributed by atoms with Crippen LogP contribution in [0.4, 0.5) is 0 Å². The maximum atomic E-state index is 12.0. The highest BCUT2D eigenvalue weighted by atomic mass is 16.2. The third-order valence-electron chi connectivity index (χ3n) is 27.4. The lowest BCUT2D eigenvalue weighted by molar-refractivity contribution is -0.135. The molecule has 2 bridgehead atoms. The van der Waals surface area contributed by atoms with Crippen LogP contribution in [0.15, 0.2) is 0 Å². The Bertz CT molecular complexity index is 2610. The van der Waals surface area contributed by atoms with E-state index in [9.17, 15) is 14.4 Å². The first-order chi connectivity index (χ1) is 53.5. The average Bonchev–Trinajstić information content (AvgIpc) is 0.756. The number of nitrogens with zero attached hydrogens (tertiary/aromatic N) is 9. The molecule has 10 fully saturated rings. The van der Waals surface area contributed by atoms with Gasteiger partial charge in [0.25, 0.3) is 0 Å². The molecule has 120 heavy (non-hydrogen) atoms. The summed E-state index contributed by atoms with van der Waals surface area (Å²) in [5.74, 6) is 4.00. The van der Waals surface area contributed by atoms with E-state index in [1.54, 1.807) is 0 Å². The molecule has 0 aromatic carbocycles. The molecule has 3 N–H and O–H groups in total. The van der Waals surface area contributed by atoms with E-state index in [1.807, 2.05) is 4.90 Å². The van der Waals surface area contributed by atoms with Crippen LogP contribution in [-0.2, 0) is 14.4 Å². The lowest BCUT2D eigenvalue weighted by Crippen LogP contribution is -2.54. The van der Waals surface area contributed by atoms with E-state index in [0.29, 0.717) is 91.0 Å². The topological polar surface area (TPSA) is 116 Å². The molecule has 7 heterocycles. The molecule has 0 unspecified atom stereocenters. The van der Waals surface area contributed by atoms with Crippen molar-refractivity contribution < 1.29 is 14.4 Å². The van der Waals surface area contributed by atoms with E-state index in [-0.39, 0.29) is 34.0 Å². The highest BCUT2D eigenvalue weighted by molar-refractivity contribution is 5.79. The fourth-order valence-corrected chi connectivity index (χ4v) is 17.5. The number of carbonyl (C=O) groups excluding carboxylic acids is 3. The maximum Gasteiger partial charge on any atom is 0.234 e. The van der Waals surface area contributed by atoms with Crippen molar-refractivity contribution in [3.8, 4) is 0 Å². The summed E-state index contributed by atoms with van der Waals surface area (Å²) in [7, 11) is 0. The Morgan fingerprint density at radius 2 is 0.533 bits per heavy atom. The van der Waals surface area contributed by atoms with Gasteiger partial charge in [-0.25, -0.2) is 0 Å². The Labute approximate surface area is 753 Å². The number of piperidine rings is 2. The Kier molecular flexibility index (Phi) is 49.8. The molecule has 0 aromatic heterocycles. The van der Waals surface area contributed by atoms with Crippen LogP contribution in [0.2, 0.25) is 0 Å². The van der Waals surface area contributed by atoms with Crippen molar-refractivity contribution in [2.75, 3.05) is 137 Å². The zero-order chi connectivity index (χ0) is 94.7. The van der Waals surface area contributed by atoms with Crippen molar-refractivity contribution in [3.63, 3.8) is 0 Å². The highest BCUT2D eigenvalue weighted by Crippen LogP contribution is 2.67. The molecular weight excluding hydrogens is 1480 g/mol. The Hall–Kier alpha value is -1.95. The molecule has 0 aromatic rings. The number of piperazine rings is 3. The standard InChI is InChI=1S/C16H30.C14H29N.C13H26N2O.C13H28N2.C13H27N.2C8H16N2O.C8H18N2.3C4H10/c1-13(2,3)15-7-10-16(11-8-15,12-9-15)14(4,5)6;1-12(2,3)14(7)8-10-15(11-9-14)13(4,5)6;1-12(2,3)14-8-7-11(16)15(10-9-14)13(4,5)6;1-12(2,3)14-8-7-9-15(11-10-14)13(4,5)6;1-12(2,3)11-7-9-14(10-8-11)13(4,5)6;2*1-8(2,3)10-5-4-9-7(11)6-10;1-8(2,3)10-6-4-9-5-7-10;3*1-4(2)3/h7-12H2,1-6H3;8-11H2,1-7H3;7-10H2,1-6H3;7-11H2,1-6H3;11H,7-10H2,1-6H3;2*4-6H2,1-3H3,(H,9,11);9H,4-7H2,1-3H3;3*4H,1-3H3. The van der Waals surface area contributed by atoms with Crippen molar-refractivity contribution in [2.24, 2.45) is 61.6 Å². The van der Waals surface area contributed by atoms with Gasteiger partial charge in [-0.15, -0.1) is 0 Å². The summed E-state index contributed by atoms with van der Waals surface area (Å²) in [5, 5.41) is 8.95. The average molecular weight is 1700 g/mol. The quantitative estimate of drug-likeness (QED) is 0.214. The van der Waals surface area contributed by atoms with Gasteiger partial charge in [0.2, 0.25) is 17.7 Å². The summed E-state index contributed by atoms with van der Waals surface area (Å²) in [6, 6.07) is 0. The summed E-state index contributed by atoms with van der Waals surface area (Å²) >= 11 is 0. The van der Waals surface area contributed by atoms with Crippen LogP contribution in [0, 0.1) is 61.6 Å². The summed E-state index contributed by atoms with van der Waals surface area (Å²) in [6.45, 7) is 133. The van der Waals surface area contributed by atoms with Crippen molar-refractivity contribution in [3.05, 3.63) is 0 Å². The minimum absolute atomic E-state index is 0.0506. The van der Waals surface area contributed by atoms with E-state index in [4.69, 9.17) is 0 Å². The smallest absolute Gasteiger partial charge is 0.234 e. The molecule has 7 saturated heterocycles. The largest absolute Gasteiger partial charge is 0.354 e. The van der Waals surface area contributed by atoms with E-state index < -0.39 is 0 Å². The van der Waals surface area contributed by atoms with Crippen LogP contribution < -0.4 is 16.0 Å². The number of carbonyl (C=O) groups is 3. The van der Waals surface area contributed by atoms with Gasteiger partial charge in [-0.3, -0.25) is 53.6 Å². The number of rotatable bonds is 0. The van der Waals surface area contributed by atoms with Gasteiger partial charge in [-0.05, 0) is 358 Å². The molecule has 10 rings (SSSR count). The summed E-state index contributed by atoms with van der Waals surface area (Å²) in [5.41, 5.74) is 5.91. The second-order valence-electron chi connectivity index (χ2n) is 53.1. The van der Waals surface area contributed by atoms with Gasteiger partial charge in [0, 0.05) is 141 Å². The van der Waals surface area contributed by atoms with Crippen LogP contribution in [0.25, 0.3) is 0 Å². The molecule has 0 radical (unpaired) electrons. The molecule has 0 spiro atoms. The molecule has 15 heteroatoms. The zero-order valence-electron chi connectivity index (χ0n) is 90.9. The van der Waals surface area contributed by atoms with Gasteiger partial charge in [0.05, 0.1) is 13.1 Å². The fraction of sp³-hybridized carbons (Fsp3) is 0.971. The van der Waals surface area contributed by atoms with Gasteiger partial charge in [0.15, 0.2) is 0 Å². The van der Waals surface area contributed by atoms with Crippen LogP contribution in [0.1, 0.15) is 416 Å². The molecule has 3 amide bonds. The normalized spacial score (nSPS) is 23.5. The summed E-state index contributed by atoms with van der Waals surface area (Å²) in [4.78, 5) is 55.7. The number of likely N-dealkylation sites (tertiary alicyclic amines) is 2. The molecule has 0 atom stereocenters. The molecule has 718 valence electrons. The number of fused-ring (bicyclic) bond motifs is 3. The molecular formula is C105H220N12O3. The van der Waals surface area contributed by atoms with E-state index in [2.05, 4.69) is 394 Å².